The molecular formula is C18H15FN2O. The number of rotatable bonds is 3. The minimum absolute atomic E-state index is 0.0506. The molecule has 0 aliphatic rings. The molecule has 2 aromatic rings. The molecule has 0 radical (unpaired) electrons. The molecule has 0 fully saturated rings. The third-order valence-electron chi connectivity index (χ3n) is 3.22. The van der Waals surface area contributed by atoms with Crippen LogP contribution in [0.2, 0.25) is 0 Å². The van der Waals surface area contributed by atoms with E-state index in [1.54, 1.807) is 6.07 Å². The van der Waals surface area contributed by atoms with Crippen LogP contribution in [-0.2, 0) is 4.79 Å². The van der Waals surface area contributed by atoms with E-state index in [0.29, 0.717) is 0 Å². The molecule has 0 saturated heterocycles. The average molecular weight is 294 g/mol. The molecule has 1 N–H and O–H groups in total. The largest absolute Gasteiger partial charge is 0.319 e. The van der Waals surface area contributed by atoms with Gasteiger partial charge in [-0.15, -0.1) is 0 Å². The van der Waals surface area contributed by atoms with Gasteiger partial charge < -0.3 is 5.32 Å². The Morgan fingerprint density at radius 2 is 1.95 bits per heavy atom. The highest BCUT2D eigenvalue weighted by Crippen LogP contribution is 2.17. The number of hydrogen-bond donors (Lipinski definition) is 1. The predicted molar refractivity (Wildman–Crippen MR) is 84.5 cm³/mol. The van der Waals surface area contributed by atoms with E-state index in [1.807, 2.05) is 38.1 Å². The van der Waals surface area contributed by atoms with E-state index >= 15 is 0 Å². The molecule has 2 rings (SSSR count). The first-order chi connectivity index (χ1) is 10.5. The summed E-state index contributed by atoms with van der Waals surface area (Å²) in [5.74, 6) is -1.17. The number of nitriles is 1. The lowest BCUT2D eigenvalue weighted by Gasteiger charge is -2.06. The summed E-state index contributed by atoms with van der Waals surface area (Å²) in [6, 6.07) is 13.5. The zero-order valence-corrected chi connectivity index (χ0v) is 12.4. The zero-order valence-electron chi connectivity index (χ0n) is 12.4. The Morgan fingerprint density at radius 3 is 2.64 bits per heavy atom. The molecule has 1 amide bonds. The quantitative estimate of drug-likeness (QED) is 0.687. The maximum atomic E-state index is 13.5. The maximum Gasteiger partial charge on any atom is 0.266 e. The molecule has 2 aromatic carbocycles. The summed E-state index contributed by atoms with van der Waals surface area (Å²) in [7, 11) is 0. The number of amides is 1. The molecular weight excluding hydrogens is 279 g/mol. The van der Waals surface area contributed by atoms with Crippen molar-refractivity contribution in [3.05, 3.63) is 70.5 Å². The van der Waals surface area contributed by atoms with Crippen molar-refractivity contribution in [2.75, 3.05) is 5.32 Å². The molecule has 0 aromatic heterocycles. The van der Waals surface area contributed by atoms with Gasteiger partial charge in [0.25, 0.3) is 5.91 Å². The van der Waals surface area contributed by atoms with Gasteiger partial charge in [0, 0.05) is 0 Å². The molecule has 0 atom stereocenters. The molecule has 0 spiro atoms. The lowest BCUT2D eigenvalue weighted by Crippen LogP contribution is -2.14. The third-order valence-corrected chi connectivity index (χ3v) is 3.22. The molecule has 0 aliphatic heterocycles. The van der Waals surface area contributed by atoms with Crippen LogP contribution in [0.25, 0.3) is 6.08 Å². The van der Waals surface area contributed by atoms with E-state index in [4.69, 9.17) is 0 Å². The minimum Gasteiger partial charge on any atom is -0.319 e. The van der Waals surface area contributed by atoms with Crippen molar-refractivity contribution in [3.63, 3.8) is 0 Å². The third kappa shape index (κ3) is 3.58. The monoisotopic (exact) mass is 294 g/mol. The Morgan fingerprint density at radius 1 is 1.23 bits per heavy atom. The zero-order chi connectivity index (χ0) is 16.1. The number of carbonyl (C=O) groups is 1. The van der Waals surface area contributed by atoms with Crippen LogP contribution >= 0.6 is 0 Å². The van der Waals surface area contributed by atoms with Crippen molar-refractivity contribution in [1.82, 2.24) is 0 Å². The molecule has 0 bridgehead atoms. The first-order valence-electron chi connectivity index (χ1n) is 6.76. The highest BCUT2D eigenvalue weighted by Gasteiger charge is 2.12. The number of halogens is 1. The second-order valence-corrected chi connectivity index (χ2v) is 4.96. The lowest BCUT2D eigenvalue weighted by atomic mass is 10.0. The Labute approximate surface area is 128 Å². The summed E-state index contributed by atoms with van der Waals surface area (Å²) in [4.78, 5) is 12.1. The molecule has 3 nitrogen and oxygen atoms in total. The number of nitrogens with zero attached hydrogens (tertiary/aromatic N) is 1. The molecule has 0 saturated carbocycles. The van der Waals surface area contributed by atoms with E-state index in [1.165, 1.54) is 24.3 Å². The molecule has 0 unspecified atom stereocenters. The van der Waals surface area contributed by atoms with Gasteiger partial charge >= 0.3 is 0 Å². The highest BCUT2D eigenvalue weighted by molar-refractivity contribution is 6.09. The van der Waals surface area contributed by atoms with Crippen LogP contribution < -0.4 is 5.32 Å². The SMILES string of the molecule is Cc1ccc(C)c(/C=C(\C#N)C(=O)Nc2ccccc2F)c1. The number of aryl methyl sites for hydroxylation is 2. The van der Waals surface area contributed by atoms with Crippen molar-refractivity contribution in [3.8, 4) is 6.07 Å². The summed E-state index contributed by atoms with van der Waals surface area (Å²) in [5, 5.41) is 11.6. The van der Waals surface area contributed by atoms with Gasteiger partial charge in [-0.1, -0.05) is 35.9 Å². The van der Waals surface area contributed by atoms with Gasteiger partial charge in [0.2, 0.25) is 0 Å². The number of para-hydroxylation sites is 1. The van der Waals surface area contributed by atoms with Gasteiger partial charge in [-0.05, 0) is 43.2 Å². The fourth-order valence-corrected chi connectivity index (χ4v) is 1.97. The summed E-state index contributed by atoms with van der Waals surface area (Å²) in [6.07, 6.45) is 1.51. The first kappa shape index (κ1) is 15.5. The Bertz CT molecular complexity index is 788. The molecule has 0 aliphatic carbocycles. The van der Waals surface area contributed by atoms with E-state index in [0.717, 1.165) is 16.7 Å². The van der Waals surface area contributed by atoms with E-state index in [-0.39, 0.29) is 11.3 Å². The molecule has 22 heavy (non-hydrogen) atoms. The number of carbonyl (C=O) groups excluding carboxylic acids is 1. The molecule has 4 heteroatoms. The number of anilines is 1. The van der Waals surface area contributed by atoms with Crippen LogP contribution in [0, 0.1) is 31.0 Å². The van der Waals surface area contributed by atoms with Crippen molar-refractivity contribution >= 4 is 17.7 Å². The summed E-state index contributed by atoms with van der Waals surface area (Å²) in [5.41, 5.74) is 2.76. The standard InChI is InChI=1S/C18H15FN2O/c1-12-7-8-13(2)14(9-12)10-15(11-20)18(22)21-17-6-4-3-5-16(17)19/h3-10H,1-2H3,(H,21,22)/b15-10+. The second-order valence-electron chi connectivity index (χ2n) is 4.96. The Hall–Kier alpha value is -2.93. The van der Waals surface area contributed by atoms with Gasteiger partial charge in [-0.25, -0.2) is 4.39 Å². The fourth-order valence-electron chi connectivity index (χ4n) is 1.97. The van der Waals surface area contributed by atoms with Crippen LogP contribution in [0.5, 0.6) is 0 Å². The van der Waals surface area contributed by atoms with Crippen LogP contribution in [0.4, 0.5) is 10.1 Å². The van der Waals surface area contributed by atoms with Gasteiger partial charge in [-0.3, -0.25) is 4.79 Å². The van der Waals surface area contributed by atoms with E-state index in [9.17, 15) is 14.4 Å². The van der Waals surface area contributed by atoms with Gasteiger partial charge in [0.15, 0.2) is 0 Å². The van der Waals surface area contributed by atoms with Gasteiger partial charge in [0.1, 0.15) is 17.5 Å². The number of benzene rings is 2. The van der Waals surface area contributed by atoms with Crippen molar-refractivity contribution in [2.45, 2.75) is 13.8 Å². The van der Waals surface area contributed by atoms with E-state index < -0.39 is 11.7 Å². The normalized spacial score (nSPS) is 10.9. The lowest BCUT2D eigenvalue weighted by molar-refractivity contribution is -0.112. The first-order valence-corrected chi connectivity index (χ1v) is 6.76. The van der Waals surface area contributed by atoms with Crippen molar-refractivity contribution in [2.24, 2.45) is 0 Å². The topological polar surface area (TPSA) is 52.9 Å². The number of hydrogen-bond acceptors (Lipinski definition) is 2. The Kier molecular flexibility index (Phi) is 4.70. The second kappa shape index (κ2) is 6.68. The van der Waals surface area contributed by atoms with Crippen molar-refractivity contribution in [1.29, 1.82) is 5.26 Å². The molecule has 0 heterocycles. The molecule has 110 valence electrons. The number of nitrogens with one attached hydrogen (secondary N) is 1. The maximum absolute atomic E-state index is 13.5. The summed E-state index contributed by atoms with van der Waals surface area (Å²) >= 11 is 0. The summed E-state index contributed by atoms with van der Waals surface area (Å²) < 4.78 is 13.5. The van der Waals surface area contributed by atoms with Crippen LogP contribution in [0.3, 0.4) is 0 Å². The average Bonchev–Trinajstić information content (AvgIpc) is 2.50. The van der Waals surface area contributed by atoms with E-state index in [2.05, 4.69) is 5.32 Å². The fraction of sp³-hybridized carbons (Fsp3) is 0.111. The van der Waals surface area contributed by atoms with Gasteiger partial charge in [-0.2, -0.15) is 5.26 Å². The summed E-state index contributed by atoms with van der Waals surface area (Å²) in [6.45, 7) is 3.83. The van der Waals surface area contributed by atoms with Crippen LogP contribution in [0.1, 0.15) is 16.7 Å². The predicted octanol–water partition coefficient (Wildman–Crippen LogP) is 3.99. The van der Waals surface area contributed by atoms with Gasteiger partial charge in [0.05, 0.1) is 5.69 Å². The van der Waals surface area contributed by atoms with Crippen LogP contribution in [-0.4, -0.2) is 5.91 Å². The van der Waals surface area contributed by atoms with Crippen LogP contribution in [0.15, 0.2) is 48.0 Å². The van der Waals surface area contributed by atoms with Crippen molar-refractivity contribution < 1.29 is 9.18 Å². The Balaban J connectivity index is 2.30. The minimum atomic E-state index is -0.631. The smallest absolute Gasteiger partial charge is 0.266 e. The highest BCUT2D eigenvalue weighted by atomic mass is 19.1.